The molecular weight excluding hydrogens is 396 g/mol. The summed E-state index contributed by atoms with van der Waals surface area (Å²) < 4.78 is 26.0. The summed E-state index contributed by atoms with van der Waals surface area (Å²) in [4.78, 5) is 12.9. The van der Waals surface area contributed by atoms with Gasteiger partial charge in [-0.05, 0) is 49.9 Å². The van der Waals surface area contributed by atoms with Crippen molar-refractivity contribution < 1.29 is 13.2 Å². The van der Waals surface area contributed by atoms with Crippen molar-refractivity contribution in [1.82, 2.24) is 5.32 Å². The normalized spacial score (nSPS) is 13.6. The molecule has 152 valence electrons. The van der Waals surface area contributed by atoms with E-state index in [-0.39, 0.29) is 11.9 Å². The summed E-state index contributed by atoms with van der Waals surface area (Å²) in [5.74, 6) is -0.312. The molecule has 0 aliphatic carbocycles. The zero-order valence-electron chi connectivity index (χ0n) is 16.4. The van der Waals surface area contributed by atoms with E-state index >= 15 is 0 Å². The van der Waals surface area contributed by atoms with Gasteiger partial charge in [0.05, 0.1) is 11.9 Å². The fraction of sp³-hybridized carbons (Fsp3) is 0.381. The maximum atomic E-state index is 12.9. The number of amides is 1. The highest BCUT2D eigenvalue weighted by molar-refractivity contribution is 7.92. The molecule has 0 fully saturated rings. The van der Waals surface area contributed by atoms with Crippen LogP contribution in [-0.4, -0.2) is 32.7 Å². The van der Waals surface area contributed by atoms with E-state index in [2.05, 4.69) is 5.32 Å². The summed E-state index contributed by atoms with van der Waals surface area (Å²) in [7, 11) is -3.67. The van der Waals surface area contributed by atoms with Crippen LogP contribution in [-0.2, 0) is 21.2 Å². The minimum absolute atomic E-state index is 0.0810. The van der Waals surface area contributed by atoms with Gasteiger partial charge in [-0.1, -0.05) is 54.9 Å². The summed E-state index contributed by atoms with van der Waals surface area (Å²) in [6.45, 7) is 3.72. The zero-order chi connectivity index (χ0) is 20.7. The van der Waals surface area contributed by atoms with Crippen molar-refractivity contribution in [1.29, 1.82) is 0 Å². The summed E-state index contributed by atoms with van der Waals surface area (Å²) in [5, 5.41) is 3.37. The fourth-order valence-electron chi connectivity index (χ4n) is 3.11. The number of nitrogens with zero attached hydrogens (tertiary/aromatic N) is 1. The van der Waals surface area contributed by atoms with Crippen LogP contribution in [0.4, 0.5) is 5.69 Å². The van der Waals surface area contributed by atoms with Crippen LogP contribution in [0.25, 0.3) is 0 Å². The first-order chi connectivity index (χ1) is 13.2. The molecule has 0 heterocycles. The minimum Gasteiger partial charge on any atom is -0.352 e. The number of hydrogen-bond acceptors (Lipinski definition) is 3. The van der Waals surface area contributed by atoms with Gasteiger partial charge in [0.25, 0.3) is 0 Å². The standard InChI is InChI=1S/C21H27ClN2O3S/c1-4-20(24(28(3,26)27)19-12-8-11-18(22)15-19)21(25)23-16(2)13-14-17-9-6-5-7-10-17/h5-12,15-16,20H,4,13-14H2,1-3H3,(H,23,25)/t16-,20-/m0/s1. The van der Waals surface area contributed by atoms with Crippen molar-refractivity contribution in [3.63, 3.8) is 0 Å². The molecule has 2 rings (SSSR count). The van der Waals surface area contributed by atoms with Crippen LogP contribution in [0.2, 0.25) is 5.02 Å². The summed E-state index contributed by atoms with van der Waals surface area (Å²) >= 11 is 6.03. The number of sulfonamides is 1. The van der Waals surface area contributed by atoms with Crippen LogP contribution >= 0.6 is 11.6 Å². The molecule has 28 heavy (non-hydrogen) atoms. The number of rotatable bonds is 9. The van der Waals surface area contributed by atoms with Crippen molar-refractivity contribution in [2.45, 2.75) is 45.2 Å². The topological polar surface area (TPSA) is 66.5 Å². The van der Waals surface area contributed by atoms with Crippen LogP contribution in [0.15, 0.2) is 54.6 Å². The summed E-state index contributed by atoms with van der Waals surface area (Å²) in [6, 6.07) is 15.6. The molecule has 0 radical (unpaired) electrons. The number of anilines is 1. The number of benzene rings is 2. The zero-order valence-corrected chi connectivity index (χ0v) is 18.0. The first kappa shape index (κ1) is 22.2. The number of hydrogen-bond donors (Lipinski definition) is 1. The third kappa shape index (κ3) is 6.24. The molecule has 0 aromatic heterocycles. The molecule has 0 saturated carbocycles. The fourth-order valence-corrected chi connectivity index (χ4v) is 4.50. The maximum Gasteiger partial charge on any atom is 0.244 e. The van der Waals surface area contributed by atoms with Crippen molar-refractivity contribution in [2.75, 3.05) is 10.6 Å². The summed E-state index contributed by atoms with van der Waals surface area (Å²) in [5.41, 5.74) is 1.58. The molecule has 0 bridgehead atoms. The number of carbonyl (C=O) groups excluding carboxylic acids is 1. The predicted molar refractivity (Wildman–Crippen MR) is 115 cm³/mol. The second-order valence-electron chi connectivity index (χ2n) is 6.90. The molecule has 0 aliphatic heterocycles. The first-order valence-corrected chi connectivity index (χ1v) is 11.5. The van der Waals surface area contributed by atoms with E-state index in [1.54, 1.807) is 31.2 Å². The van der Waals surface area contributed by atoms with Crippen molar-refractivity contribution >= 4 is 33.2 Å². The molecule has 2 aromatic rings. The molecule has 0 unspecified atom stereocenters. The lowest BCUT2D eigenvalue weighted by molar-refractivity contribution is -0.122. The lowest BCUT2D eigenvalue weighted by atomic mass is 10.1. The molecule has 1 N–H and O–H groups in total. The highest BCUT2D eigenvalue weighted by Gasteiger charge is 2.32. The Labute approximate surface area is 172 Å². The quantitative estimate of drug-likeness (QED) is 0.663. The highest BCUT2D eigenvalue weighted by Crippen LogP contribution is 2.25. The van der Waals surface area contributed by atoms with Crippen LogP contribution in [0, 0.1) is 0 Å². The Hall–Kier alpha value is -2.05. The SMILES string of the molecule is CC[C@@H](C(=O)N[C@@H](C)CCc1ccccc1)N(c1cccc(Cl)c1)S(C)(=O)=O. The van der Waals surface area contributed by atoms with E-state index in [1.165, 1.54) is 5.56 Å². The van der Waals surface area contributed by atoms with E-state index in [4.69, 9.17) is 11.6 Å². The van der Waals surface area contributed by atoms with E-state index < -0.39 is 16.1 Å². The Morgan fingerprint density at radius 2 is 1.82 bits per heavy atom. The van der Waals surface area contributed by atoms with Gasteiger partial charge < -0.3 is 5.32 Å². The number of halogens is 1. The molecule has 7 heteroatoms. The molecule has 0 spiro atoms. The second kappa shape index (κ2) is 9.94. The van der Waals surface area contributed by atoms with Crippen molar-refractivity contribution in [3.8, 4) is 0 Å². The van der Waals surface area contributed by atoms with Gasteiger partial charge in [-0.2, -0.15) is 0 Å². The lowest BCUT2D eigenvalue weighted by Crippen LogP contribution is -2.51. The second-order valence-corrected chi connectivity index (χ2v) is 9.19. The van der Waals surface area contributed by atoms with E-state index in [0.717, 1.165) is 23.4 Å². The van der Waals surface area contributed by atoms with Crippen LogP contribution in [0.1, 0.15) is 32.3 Å². The average Bonchev–Trinajstić information content (AvgIpc) is 2.64. The smallest absolute Gasteiger partial charge is 0.244 e. The lowest BCUT2D eigenvalue weighted by Gasteiger charge is -2.31. The Morgan fingerprint density at radius 1 is 1.14 bits per heavy atom. The van der Waals surface area contributed by atoms with E-state index in [1.807, 2.05) is 37.3 Å². The third-order valence-corrected chi connectivity index (χ3v) is 5.90. The maximum absolute atomic E-state index is 12.9. The van der Waals surface area contributed by atoms with Gasteiger partial charge in [-0.25, -0.2) is 8.42 Å². The number of carbonyl (C=O) groups is 1. The molecule has 2 aromatic carbocycles. The van der Waals surface area contributed by atoms with Crippen molar-refractivity contribution in [2.24, 2.45) is 0 Å². The third-order valence-electron chi connectivity index (χ3n) is 4.49. The van der Waals surface area contributed by atoms with Gasteiger partial charge >= 0.3 is 0 Å². The predicted octanol–water partition coefficient (Wildman–Crippen LogP) is 4.02. The Morgan fingerprint density at radius 3 is 2.39 bits per heavy atom. The molecule has 2 atom stereocenters. The number of aryl methyl sites for hydroxylation is 1. The van der Waals surface area contributed by atoms with Crippen molar-refractivity contribution in [3.05, 3.63) is 65.2 Å². The largest absolute Gasteiger partial charge is 0.352 e. The molecule has 0 saturated heterocycles. The average molecular weight is 423 g/mol. The van der Waals surface area contributed by atoms with Crippen LogP contribution in [0.5, 0.6) is 0 Å². The van der Waals surface area contributed by atoms with Gasteiger partial charge in [0.15, 0.2) is 0 Å². The van der Waals surface area contributed by atoms with Gasteiger partial charge in [0.1, 0.15) is 6.04 Å². The van der Waals surface area contributed by atoms with Gasteiger partial charge in [0, 0.05) is 11.1 Å². The van der Waals surface area contributed by atoms with E-state index in [0.29, 0.717) is 17.1 Å². The number of nitrogens with one attached hydrogen (secondary N) is 1. The van der Waals surface area contributed by atoms with Gasteiger partial charge in [-0.3, -0.25) is 9.10 Å². The van der Waals surface area contributed by atoms with Gasteiger partial charge in [0.2, 0.25) is 15.9 Å². The Kier molecular flexibility index (Phi) is 7.89. The van der Waals surface area contributed by atoms with E-state index in [9.17, 15) is 13.2 Å². The van der Waals surface area contributed by atoms with Crippen LogP contribution < -0.4 is 9.62 Å². The minimum atomic E-state index is -3.67. The summed E-state index contributed by atoms with van der Waals surface area (Å²) in [6.07, 6.45) is 3.05. The molecule has 0 aliphatic rings. The molecule has 1 amide bonds. The highest BCUT2D eigenvalue weighted by atomic mass is 35.5. The molecular formula is C21H27ClN2O3S. The van der Waals surface area contributed by atoms with Crippen LogP contribution in [0.3, 0.4) is 0 Å². The molecule has 5 nitrogen and oxygen atoms in total. The monoisotopic (exact) mass is 422 g/mol. The Bertz CT molecular complexity index is 888. The first-order valence-electron chi connectivity index (χ1n) is 9.31. The Balaban J connectivity index is 2.12. The van der Waals surface area contributed by atoms with Gasteiger partial charge in [-0.15, -0.1) is 0 Å².